The lowest BCUT2D eigenvalue weighted by atomic mass is 10.2. The normalized spacial score (nSPS) is 15.6. The van der Waals surface area contributed by atoms with Gasteiger partial charge in [0.15, 0.2) is 11.6 Å². The van der Waals surface area contributed by atoms with E-state index in [1.165, 1.54) is 0 Å². The Morgan fingerprint density at radius 2 is 1.96 bits per heavy atom. The molecule has 122 valence electrons. The zero-order valence-corrected chi connectivity index (χ0v) is 12.8. The van der Waals surface area contributed by atoms with Gasteiger partial charge in [-0.25, -0.2) is 4.79 Å². The Hall–Kier alpha value is -2.38. The Bertz CT molecular complexity index is 636. The molecule has 0 saturated carbocycles. The lowest BCUT2D eigenvalue weighted by molar-refractivity contribution is 0.127. The molecule has 1 fully saturated rings. The number of carbonyl (C=O) groups is 1. The molecule has 0 bridgehead atoms. The Kier molecular flexibility index (Phi) is 4.89. The minimum atomic E-state index is -0.179. The second-order valence-corrected chi connectivity index (χ2v) is 5.42. The van der Waals surface area contributed by atoms with Gasteiger partial charge in [0.2, 0.25) is 0 Å². The smallest absolute Gasteiger partial charge is 0.323 e. The minimum Gasteiger partial charge on any atom is -0.395 e. The number of hydrogen-bond donors (Lipinski definition) is 2. The van der Waals surface area contributed by atoms with Crippen molar-refractivity contribution in [3.05, 3.63) is 36.4 Å². The van der Waals surface area contributed by atoms with Gasteiger partial charge in [-0.05, 0) is 0 Å². The molecule has 0 aliphatic carbocycles. The van der Waals surface area contributed by atoms with Crippen LogP contribution in [0.15, 0.2) is 40.9 Å². The largest absolute Gasteiger partial charge is 0.395 e. The van der Waals surface area contributed by atoms with Crippen LogP contribution in [0.25, 0.3) is 11.3 Å². The lowest BCUT2D eigenvalue weighted by Gasteiger charge is -2.34. The molecule has 0 atom stereocenters. The van der Waals surface area contributed by atoms with Crippen molar-refractivity contribution < 1.29 is 14.4 Å². The third kappa shape index (κ3) is 3.88. The summed E-state index contributed by atoms with van der Waals surface area (Å²) in [6.07, 6.45) is 0. The highest BCUT2D eigenvalue weighted by molar-refractivity contribution is 5.88. The molecule has 1 aliphatic heterocycles. The van der Waals surface area contributed by atoms with Crippen molar-refractivity contribution >= 4 is 11.8 Å². The molecular weight excluding hydrogens is 296 g/mol. The van der Waals surface area contributed by atoms with Gasteiger partial charge >= 0.3 is 6.03 Å². The third-order valence-electron chi connectivity index (χ3n) is 3.88. The van der Waals surface area contributed by atoms with Crippen molar-refractivity contribution in [2.75, 3.05) is 44.6 Å². The summed E-state index contributed by atoms with van der Waals surface area (Å²) >= 11 is 0. The predicted octanol–water partition coefficient (Wildman–Crippen LogP) is 1.48. The molecule has 2 amide bonds. The summed E-state index contributed by atoms with van der Waals surface area (Å²) < 4.78 is 5.27. The van der Waals surface area contributed by atoms with E-state index in [2.05, 4.69) is 15.4 Å². The number of carbonyl (C=O) groups excluding carboxylic acids is 1. The van der Waals surface area contributed by atoms with Crippen molar-refractivity contribution in [1.29, 1.82) is 0 Å². The zero-order chi connectivity index (χ0) is 16.1. The average molecular weight is 316 g/mol. The number of rotatable bonds is 4. The Morgan fingerprint density at radius 3 is 2.65 bits per heavy atom. The second kappa shape index (κ2) is 7.26. The molecule has 7 nitrogen and oxygen atoms in total. The van der Waals surface area contributed by atoms with Crippen LogP contribution in [0.5, 0.6) is 0 Å². The molecule has 7 heteroatoms. The van der Waals surface area contributed by atoms with Crippen LogP contribution in [0.3, 0.4) is 0 Å². The first-order chi connectivity index (χ1) is 11.3. The molecule has 0 unspecified atom stereocenters. The Labute approximate surface area is 134 Å². The summed E-state index contributed by atoms with van der Waals surface area (Å²) in [6.45, 7) is 3.60. The van der Waals surface area contributed by atoms with Crippen LogP contribution in [-0.2, 0) is 0 Å². The number of amides is 2. The first-order valence-electron chi connectivity index (χ1n) is 7.67. The topological polar surface area (TPSA) is 81.8 Å². The quantitative estimate of drug-likeness (QED) is 0.893. The van der Waals surface area contributed by atoms with Gasteiger partial charge < -0.3 is 14.5 Å². The summed E-state index contributed by atoms with van der Waals surface area (Å²) in [4.78, 5) is 16.1. The Balaban J connectivity index is 1.56. The fourth-order valence-corrected chi connectivity index (χ4v) is 2.58. The fraction of sp³-hybridized carbons (Fsp3) is 0.375. The van der Waals surface area contributed by atoms with Crippen LogP contribution in [0.2, 0.25) is 0 Å². The second-order valence-electron chi connectivity index (χ2n) is 5.42. The molecule has 0 spiro atoms. The monoisotopic (exact) mass is 316 g/mol. The zero-order valence-electron chi connectivity index (χ0n) is 12.8. The molecule has 3 rings (SSSR count). The highest BCUT2D eigenvalue weighted by Crippen LogP contribution is 2.22. The van der Waals surface area contributed by atoms with Gasteiger partial charge in [-0.1, -0.05) is 35.5 Å². The van der Waals surface area contributed by atoms with Gasteiger partial charge in [-0.2, -0.15) is 0 Å². The van der Waals surface area contributed by atoms with Crippen LogP contribution < -0.4 is 5.32 Å². The summed E-state index contributed by atoms with van der Waals surface area (Å²) in [5, 5.41) is 15.6. The summed E-state index contributed by atoms with van der Waals surface area (Å²) in [5.74, 6) is 1.03. The van der Waals surface area contributed by atoms with E-state index in [9.17, 15) is 4.79 Å². The van der Waals surface area contributed by atoms with Crippen LogP contribution in [-0.4, -0.2) is 65.4 Å². The van der Waals surface area contributed by atoms with E-state index in [0.717, 1.165) is 18.7 Å². The summed E-state index contributed by atoms with van der Waals surface area (Å²) in [5.41, 5.74) is 0.915. The molecule has 2 N–H and O–H groups in total. The Morgan fingerprint density at radius 1 is 1.22 bits per heavy atom. The van der Waals surface area contributed by atoms with E-state index >= 15 is 0 Å². The molecule has 2 heterocycles. The molecule has 0 radical (unpaired) electrons. The maximum Gasteiger partial charge on any atom is 0.323 e. The molecule has 1 aliphatic rings. The number of anilines is 1. The van der Waals surface area contributed by atoms with E-state index in [4.69, 9.17) is 9.63 Å². The van der Waals surface area contributed by atoms with Gasteiger partial charge in [-0.3, -0.25) is 10.2 Å². The highest BCUT2D eigenvalue weighted by atomic mass is 16.5. The molecular formula is C16H20N4O3. The van der Waals surface area contributed by atoms with Crippen molar-refractivity contribution in [1.82, 2.24) is 15.0 Å². The van der Waals surface area contributed by atoms with E-state index in [1.807, 2.05) is 30.3 Å². The van der Waals surface area contributed by atoms with Crippen LogP contribution in [0, 0.1) is 0 Å². The number of hydrogen-bond acceptors (Lipinski definition) is 5. The van der Waals surface area contributed by atoms with Gasteiger partial charge in [0.25, 0.3) is 0 Å². The van der Waals surface area contributed by atoms with Crippen molar-refractivity contribution in [3.63, 3.8) is 0 Å². The van der Waals surface area contributed by atoms with Gasteiger partial charge in [0, 0.05) is 44.4 Å². The third-order valence-corrected chi connectivity index (χ3v) is 3.88. The number of aliphatic hydroxyl groups excluding tert-OH is 1. The number of urea groups is 1. The average Bonchev–Trinajstić information content (AvgIpc) is 3.05. The van der Waals surface area contributed by atoms with E-state index in [0.29, 0.717) is 31.2 Å². The molecule has 2 aromatic rings. The van der Waals surface area contributed by atoms with Crippen molar-refractivity contribution in [3.8, 4) is 11.3 Å². The molecule has 23 heavy (non-hydrogen) atoms. The number of β-amino-alcohol motifs (C(OH)–C–C–N with tert-alkyl or cyclic N) is 1. The number of piperazine rings is 1. The van der Waals surface area contributed by atoms with Crippen LogP contribution in [0.1, 0.15) is 0 Å². The van der Waals surface area contributed by atoms with Gasteiger partial charge in [0.1, 0.15) is 0 Å². The summed E-state index contributed by atoms with van der Waals surface area (Å²) in [7, 11) is 0. The SMILES string of the molecule is O=C(Nc1cc(-c2ccccc2)on1)N1CCN(CCO)CC1. The maximum atomic E-state index is 12.2. The highest BCUT2D eigenvalue weighted by Gasteiger charge is 2.21. The molecule has 1 aromatic carbocycles. The van der Waals surface area contributed by atoms with E-state index in [-0.39, 0.29) is 12.6 Å². The van der Waals surface area contributed by atoms with Gasteiger partial charge in [-0.15, -0.1) is 0 Å². The number of aromatic nitrogens is 1. The van der Waals surface area contributed by atoms with E-state index < -0.39 is 0 Å². The molecule has 1 aromatic heterocycles. The standard InChI is InChI=1S/C16H20N4O3/c21-11-10-19-6-8-20(9-7-19)16(22)17-15-12-14(23-18-15)13-4-2-1-3-5-13/h1-5,12,21H,6-11H2,(H,17,18,22). The van der Waals surface area contributed by atoms with Crippen LogP contribution in [0.4, 0.5) is 10.6 Å². The molecule has 1 saturated heterocycles. The maximum absolute atomic E-state index is 12.2. The first kappa shape index (κ1) is 15.5. The van der Waals surface area contributed by atoms with Crippen LogP contribution >= 0.6 is 0 Å². The summed E-state index contributed by atoms with van der Waals surface area (Å²) in [6, 6.07) is 11.2. The number of nitrogens with zero attached hydrogens (tertiary/aromatic N) is 3. The van der Waals surface area contributed by atoms with E-state index in [1.54, 1.807) is 11.0 Å². The number of nitrogens with one attached hydrogen (secondary N) is 1. The minimum absolute atomic E-state index is 0.146. The first-order valence-corrected chi connectivity index (χ1v) is 7.67. The lowest BCUT2D eigenvalue weighted by Crippen LogP contribution is -2.50. The number of aliphatic hydroxyl groups is 1. The van der Waals surface area contributed by atoms with Gasteiger partial charge in [0.05, 0.1) is 6.61 Å². The van der Waals surface area contributed by atoms with Crippen molar-refractivity contribution in [2.24, 2.45) is 0 Å². The fourth-order valence-electron chi connectivity index (χ4n) is 2.58. The number of benzene rings is 1. The predicted molar refractivity (Wildman–Crippen MR) is 86.1 cm³/mol. The van der Waals surface area contributed by atoms with Crippen molar-refractivity contribution in [2.45, 2.75) is 0 Å².